The first-order valence-corrected chi connectivity index (χ1v) is 20.5. The molecule has 4 nitrogen and oxygen atoms in total. The van der Waals surface area contributed by atoms with Gasteiger partial charge in [0.05, 0.1) is 11.4 Å². The second-order valence-corrected chi connectivity index (χ2v) is 15.6. The SMILES string of the molecule is CCCCC1(CCCC)c2ccccc2-c2cc(O)c(C=Nc3ccccc3N=Cc3cc4c(cc3O)-c3ccccc3C4(CCCC)CCCC)cc21.[Pt]. The topological polar surface area (TPSA) is 65.2 Å². The molecule has 0 aromatic heterocycles. The summed E-state index contributed by atoms with van der Waals surface area (Å²) in [5.41, 5.74) is 12.8. The molecule has 0 radical (unpaired) electrons. The van der Waals surface area contributed by atoms with Crippen molar-refractivity contribution in [3.05, 3.63) is 130 Å². The van der Waals surface area contributed by atoms with Gasteiger partial charge in [0.1, 0.15) is 11.5 Å². The van der Waals surface area contributed by atoms with E-state index in [1.807, 2.05) is 36.4 Å². The first kappa shape index (κ1) is 40.4. The second kappa shape index (κ2) is 17.7. The number of fused-ring (bicyclic) bond motifs is 6. The molecule has 0 saturated carbocycles. The fraction of sp³-hybridized carbons (Fsp3) is 0.360. The zero-order valence-electron chi connectivity index (χ0n) is 33.0. The fourth-order valence-electron chi connectivity index (χ4n) is 9.42. The summed E-state index contributed by atoms with van der Waals surface area (Å²) in [7, 11) is 0. The third kappa shape index (κ3) is 7.52. The summed E-state index contributed by atoms with van der Waals surface area (Å²) in [4.78, 5) is 9.87. The van der Waals surface area contributed by atoms with Gasteiger partial charge in [0.2, 0.25) is 0 Å². The van der Waals surface area contributed by atoms with Gasteiger partial charge in [-0.3, -0.25) is 9.98 Å². The Bertz CT molecular complexity index is 2010. The largest absolute Gasteiger partial charge is 0.507 e. The van der Waals surface area contributed by atoms with E-state index in [0.29, 0.717) is 22.5 Å². The Hall–Kier alpha value is -4.27. The third-order valence-corrected chi connectivity index (χ3v) is 12.2. The number of aromatic hydroxyl groups is 2. The first-order chi connectivity index (χ1) is 26.4. The Labute approximate surface area is 343 Å². The van der Waals surface area contributed by atoms with Crippen LogP contribution in [-0.4, -0.2) is 22.6 Å². The molecule has 0 aliphatic heterocycles. The van der Waals surface area contributed by atoms with Crippen LogP contribution in [0.3, 0.4) is 0 Å². The molecule has 2 aliphatic rings. The van der Waals surface area contributed by atoms with Crippen LogP contribution in [-0.2, 0) is 31.9 Å². The number of hydrogen-bond donors (Lipinski definition) is 2. The second-order valence-electron chi connectivity index (χ2n) is 15.6. The van der Waals surface area contributed by atoms with Crippen molar-refractivity contribution in [1.82, 2.24) is 0 Å². The van der Waals surface area contributed by atoms with E-state index in [4.69, 9.17) is 9.98 Å². The minimum absolute atomic E-state index is 0. The molecule has 0 fully saturated rings. The maximum Gasteiger partial charge on any atom is 0.124 e. The van der Waals surface area contributed by atoms with Gasteiger partial charge in [0, 0.05) is 55.5 Å². The van der Waals surface area contributed by atoms with E-state index in [1.165, 1.54) is 33.4 Å². The third-order valence-electron chi connectivity index (χ3n) is 12.2. The molecule has 5 heteroatoms. The Morgan fingerprint density at radius 1 is 0.455 bits per heavy atom. The summed E-state index contributed by atoms with van der Waals surface area (Å²) in [6.07, 6.45) is 17.1. The number of hydrogen-bond acceptors (Lipinski definition) is 4. The molecule has 0 heterocycles. The monoisotopic (exact) mass is 911 g/mol. The summed E-state index contributed by atoms with van der Waals surface area (Å²) in [5, 5.41) is 22.8. The molecular formula is C50H56N2O2Pt. The number of phenolic OH excluding ortho intramolecular Hbond substituents is 2. The van der Waals surface area contributed by atoms with Crippen molar-refractivity contribution in [3.8, 4) is 33.8 Å². The van der Waals surface area contributed by atoms with E-state index in [9.17, 15) is 10.2 Å². The standard InChI is InChI=1S/C50H56N2O2.Pt/c1-5-9-25-49(26-10-6-2)41-21-15-13-19-37(41)39-31-47(53)35(29-43(39)49)33-51-45-23-17-18-24-46(45)52-34-36-30-44-40(32-48(36)54)38-20-14-16-22-42(38)50(44,27-11-7-3)28-12-8-4;/h13-24,29-34,53-54H,5-12,25-28H2,1-4H3;. The average molecular weight is 912 g/mol. The van der Waals surface area contributed by atoms with Crippen LogP contribution in [0.1, 0.15) is 138 Å². The van der Waals surface area contributed by atoms with Crippen LogP contribution in [0.2, 0.25) is 0 Å². The molecule has 2 N–H and O–H groups in total. The predicted octanol–water partition coefficient (Wildman–Crippen LogP) is 13.9. The summed E-state index contributed by atoms with van der Waals surface area (Å²) >= 11 is 0. The Morgan fingerprint density at radius 2 is 0.800 bits per heavy atom. The molecule has 5 aromatic carbocycles. The van der Waals surface area contributed by atoms with Crippen LogP contribution in [0.25, 0.3) is 22.3 Å². The molecule has 0 amide bonds. The van der Waals surface area contributed by atoms with Crippen LogP contribution in [0.4, 0.5) is 11.4 Å². The molecule has 288 valence electrons. The summed E-state index contributed by atoms with van der Waals surface area (Å²) < 4.78 is 0. The number of phenols is 2. The van der Waals surface area contributed by atoms with E-state index >= 15 is 0 Å². The average Bonchev–Trinajstić information content (AvgIpc) is 3.61. The molecular weight excluding hydrogens is 856 g/mol. The normalized spacial score (nSPS) is 14.5. The molecule has 0 unspecified atom stereocenters. The minimum atomic E-state index is -0.0691. The van der Waals surface area contributed by atoms with Crippen LogP contribution < -0.4 is 0 Å². The molecule has 0 bridgehead atoms. The van der Waals surface area contributed by atoms with Gasteiger partial charge in [-0.1, -0.05) is 140 Å². The van der Waals surface area contributed by atoms with Crippen molar-refractivity contribution >= 4 is 23.8 Å². The van der Waals surface area contributed by atoms with Gasteiger partial charge in [-0.05, 0) is 107 Å². The van der Waals surface area contributed by atoms with Gasteiger partial charge < -0.3 is 10.2 Å². The summed E-state index contributed by atoms with van der Waals surface area (Å²) in [6, 6.07) is 33.7. The number of unbranched alkanes of at least 4 members (excludes halogenated alkanes) is 4. The van der Waals surface area contributed by atoms with Crippen LogP contribution in [0.15, 0.2) is 107 Å². The van der Waals surface area contributed by atoms with Crippen molar-refractivity contribution in [2.24, 2.45) is 9.98 Å². The summed E-state index contributed by atoms with van der Waals surface area (Å²) in [6.45, 7) is 9.07. The van der Waals surface area contributed by atoms with Gasteiger partial charge in [0.25, 0.3) is 0 Å². The van der Waals surface area contributed by atoms with Gasteiger partial charge in [-0.15, -0.1) is 0 Å². The predicted molar refractivity (Wildman–Crippen MR) is 228 cm³/mol. The van der Waals surface area contributed by atoms with Crippen LogP contribution >= 0.6 is 0 Å². The van der Waals surface area contributed by atoms with E-state index in [2.05, 4.69) is 88.4 Å². The Kier molecular flexibility index (Phi) is 13.0. The molecule has 7 rings (SSSR count). The number of benzene rings is 5. The smallest absolute Gasteiger partial charge is 0.124 e. The van der Waals surface area contributed by atoms with Crippen molar-refractivity contribution in [1.29, 1.82) is 0 Å². The number of aliphatic imine (C=N–C) groups is 2. The van der Waals surface area contributed by atoms with E-state index < -0.39 is 0 Å². The van der Waals surface area contributed by atoms with Crippen molar-refractivity contribution < 1.29 is 31.3 Å². The Balaban J connectivity index is 0.00000514. The van der Waals surface area contributed by atoms with Crippen LogP contribution in [0.5, 0.6) is 11.5 Å². The van der Waals surface area contributed by atoms with Crippen LogP contribution in [0, 0.1) is 0 Å². The molecule has 0 saturated heterocycles. The molecule has 2 aliphatic carbocycles. The van der Waals surface area contributed by atoms with E-state index in [1.54, 1.807) is 12.4 Å². The fourth-order valence-corrected chi connectivity index (χ4v) is 9.42. The molecule has 55 heavy (non-hydrogen) atoms. The molecule has 0 spiro atoms. The minimum Gasteiger partial charge on any atom is -0.507 e. The van der Waals surface area contributed by atoms with Crippen molar-refractivity contribution in [2.75, 3.05) is 0 Å². The maximum absolute atomic E-state index is 11.4. The molecule has 0 atom stereocenters. The van der Waals surface area contributed by atoms with Gasteiger partial charge in [0.15, 0.2) is 0 Å². The van der Waals surface area contributed by atoms with Gasteiger partial charge in [-0.25, -0.2) is 0 Å². The quantitative estimate of drug-likeness (QED) is 0.0969. The van der Waals surface area contributed by atoms with E-state index in [-0.39, 0.29) is 43.4 Å². The Morgan fingerprint density at radius 3 is 1.16 bits per heavy atom. The summed E-state index contributed by atoms with van der Waals surface area (Å²) in [5.74, 6) is 0.461. The van der Waals surface area contributed by atoms with Crippen molar-refractivity contribution in [2.45, 2.75) is 116 Å². The maximum atomic E-state index is 11.4. The molecule has 5 aromatic rings. The number of para-hydroxylation sites is 2. The number of nitrogens with zero attached hydrogens (tertiary/aromatic N) is 2. The zero-order chi connectivity index (χ0) is 37.7. The van der Waals surface area contributed by atoms with Gasteiger partial charge >= 0.3 is 0 Å². The van der Waals surface area contributed by atoms with Crippen molar-refractivity contribution in [3.63, 3.8) is 0 Å². The zero-order valence-corrected chi connectivity index (χ0v) is 35.3. The first-order valence-electron chi connectivity index (χ1n) is 20.5. The number of rotatable bonds is 16. The van der Waals surface area contributed by atoms with E-state index in [0.717, 1.165) is 88.2 Å². The van der Waals surface area contributed by atoms with Gasteiger partial charge in [-0.2, -0.15) is 0 Å².